The maximum atomic E-state index is 12.4. The lowest BCUT2D eigenvalue weighted by molar-refractivity contribution is 0.104. The highest BCUT2D eigenvalue weighted by Crippen LogP contribution is 2.40. The van der Waals surface area contributed by atoms with Crippen LogP contribution in [0.25, 0.3) is 6.08 Å². The summed E-state index contributed by atoms with van der Waals surface area (Å²) < 4.78 is 11.8. The molecule has 0 atom stereocenters. The fourth-order valence-electron chi connectivity index (χ4n) is 2.12. The summed E-state index contributed by atoms with van der Waals surface area (Å²) in [6.45, 7) is 0. The highest BCUT2D eigenvalue weighted by atomic mass is 79.9. The molecule has 0 radical (unpaired) electrons. The Morgan fingerprint density at radius 3 is 2.82 bits per heavy atom. The largest absolute Gasteiger partial charge is 0.496 e. The van der Waals surface area contributed by atoms with Crippen LogP contribution >= 0.6 is 27.7 Å². The van der Waals surface area contributed by atoms with Crippen molar-refractivity contribution in [3.63, 3.8) is 0 Å². The molecule has 0 saturated carbocycles. The van der Waals surface area contributed by atoms with Gasteiger partial charge in [-0.05, 0) is 29.8 Å². The van der Waals surface area contributed by atoms with E-state index in [0.717, 1.165) is 20.7 Å². The Morgan fingerprint density at radius 1 is 1.32 bits per heavy atom. The molecule has 0 aliphatic carbocycles. The molecule has 0 saturated heterocycles. The second-order valence-electron chi connectivity index (χ2n) is 4.65. The first-order valence-corrected chi connectivity index (χ1v) is 8.41. The summed E-state index contributed by atoms with van der Waals surface area (Å²) in [6.07, 6.45) is 3.36. The summed E-state index contributed by atoms with van der Waals surface area (Å²) in [4.78, 5) is 13.4. The summed E-state index contributed by atoms with van der Waals surface area (Å²) in [6, 6.07) is 11.4. The normalized spacial score (nSPS) is 13.0. The van der Waals surface area contributed by atoms with Gasteiger partial charge in [0.05, 0.1) is 17.6 Å². The molecule has 3 nitrogen and oxygen atoms in total. The molecular formula is C17H13BrO3S. The summed E-state index contributed by atoms with van der Waals surface area (Å²) in [5, 5.41) is 0. The molecule has 0 bridgehead atoms. The molecule has 0 aromatic heterocycles. The average molecular weight is 377 g/mol. The fraction of sp³-hybridized carbons (Fsp3) is 0.118. The number of benzene rings is 2. The highest BCUT2D eigenvalue weighted by Gasteiger charge is 2.19. The molecule has 2 aromatic rings. The van der Waals surface area contributed by atoms with Crippen LogP contribution in [-0.2, 0) is 0 Å². The Balaban J connectivity index is 1.87. The number of methoxy groups -OCH3 is 1. The van der Waals surface area contributed by atoms with Gasteiger partial charge in [0, 0.05) is 10.5 Å². The summed E-state index contributed by atoms with van der Waals surface area (Å²) in [7, 11) is 1.55. The summed E-state index contributed by atoms with van der Waals surface area (Å²) in [5.74, 6) is 1.79. The van der Waals surface area contributed by atoms with Crippen LogP contribution in [0.2, 0.25) is 0 Å². The van der Waals surface area contributed by atoms with Gasteiger partial charge in [0.25, 0.3) is 0 Å². The van der Waals surface area contributed by atoms with E-state index in [-0.39, 0.29) is 5.78 Å². The minimum absolute atomic E-state index is 0.0879. The van der Waals surface area contributed by atoms with Crippen molar-refractivity contribution >= 4 is 39.6 Å². The molecule has 1 aliphatic rings. The smallest absolute Gasteiger partial charge is 0.189 e. The van der Waals surface area contributed by atoms with Crippen LogP contribution in [0.15, 0.2) is 51.8 Å². The molecule has 0 N–H and O–H groups in total. The number of rotatable bonds is 4. The molecule has 1 aliphatic heterocycles. The number of fused-ring (bicyclic) bond motifs is 1. The van der Waals surface area contributed by atoms with Crippen molar-refractivity contribution in [2.45, 2.75) is 4.90 Å². The third kappa shape index (κ3) is 3.20. The van der Waals surface area contributed by atoms with E-state index >= 15 is 0 Å². The van der Waals surface area contributed by atoms with Crippen molar-refractivity contribution in [1.29, 1.82) is 0 Å². The Kier molecular flexibility index (Phi) is 4.55. The molecule has 0 fully saturated rings. The van der Waals surface area contributed by atoms with Gasteiger partial charge in [0.1, 0.15) is 17.4 Å². The Bertz CT molecular complexity index is 738. The third-order valence-corrected chi connectivity index (χ3v) is 4.65. The molecule has 2 aromatic carbocycles. The van der Waals surface area contributed by atoms with Crippen LogP contribution < -0.4 is 9.47 Å². The lowest BCUT2D eigenvalue weighted by atomic mass is 10.1. The van der Waals surface area contributed by atoms with Gasteiger partial charge < -0.3 is 9.47 Å². The lowest BCUT2D eigenvalue weighted by Gasteiger charge is -2.08. The molecule has 0 amide bonds. The van der Waals surface area contributed by atoms with Gasteiger partial charge in [-0.2, -0.15) is 0 Å². The van der Waals surface area contributed by atoms with E-state index < -0.39 is 0 Å². The Labute approximate surface area is 141 Å². The van der Waals surface area contributed by atoms with Crippen molar-refractivity contribution < 1.29 is 14.3 Å². The van der Waals surface area contributed by atoms with Gasteiger partial charge in [0.2, 0.25) is 0 Å². The average Bonchev–Trinajstić information content (AvgIpc) is 3.00. The Morgan fingerprint density at radius 2 is 2.09 bits per heavy atom. The van der Waals surface area contributed by atoms with Crippen LogP contribution in [0.4, 0.5) is 0 Å². The minimum atomic E-state index is -0.0879. The highest BCUT2D eigenvalue weighted by molar-refractivity contribution is 9.10. The van der Waals surface area contributed by atoms with Crippen molar-refractivity contribution in [3.8, 4) is 11.5 Å². The number of carbonyl (C=O) groups excluding carboxylic acids is 1. The zero-order valence-corrected chi connectivity index (χ0v) is 14.2. The molecule has 3 rings (SSSR count). The molecule has 112 valence electrons. The van der Waals surface area contributed by atoms with Crippen molar-refractivity contribution in [1.82, 2.24) is 0 Å². The molecule has 1 heterocycles. The monoisotopic (exact) mass is 376 g/mol. The van der Waals surface area contributed by atoms with Gasteiger partial charge >= 0.3 is 0 Å². The predicted molar refractivity (Wildman–Crippen MR) is 91.9 cm³/mol. The second-order valence-corrected chi connectivity index (χ2v) is 6.53. The van der Waals surface area contributed by atoms with E-state index in [2.05, 4.69) is 15.9 Å². The molecule has 0 unspecified atom stereocenters. The first-order chi connectivity index (χ1) is 10.7. The zero-order chi connectivity index (χ0) is 15.5. The topological polar surface area (TPSA) is 35.5 Å². The van der Waals surface area contributed by atoms with Gasteiger partial charge in [-0.25, -0.2) is 0 Å². The van der Waals surface area contributed by atoms with Crippen LogP contribution in [-0.4, -0.2) is 18.8 Å². The van der Waals surface area contributed by atoms with Crippen LogP contribution in [0.5, 0.6) is 11.5 Å². The number of ketones is 1. The number of hydrogen-bond donors (Lipinski definition) is 0. The molecule has 0 spiro atoms. The lowest BCUT2D eigenvalue weighted by Crippen LogP contribution is -1.99. The van der Waals surface area contributed by atoms with Crippen LogP contribution in [0, 0.1) is 0 Å². The standard InChI is InChI=1S/C17H13BrO3S/c1-20-15-9-16-17(22-10-21-16)8-13(15)14(19)7-4-11-2-5-12(18)6-3-11/h2-9H,10H2,1H3/b7-4+. The third-order valence-electron chi connectivity index (χ3n) is 3.26. The number of thioether (sulfide) groups is 1. The van der Waals surface area contributed by atoms with E-state index in [4.69, 9.17) is 9.47 Å². The maximum Gasteiger partial charge on any atom is 0.189 e. The first kappa shape index (κ1) is 15.2. The van der Waals surface area contributed by atoms with Gasteiger partial charge in [-0.3, -0.25) is 4.79 Å². The van der Waals surface area contributed by atoms with Gasteiger partial charge in [0.15, 0.2) is 5.78 Å². The van der Waals surface area contributed by atoms with E-state index in [1.165, 1.54) is 0 Å². The van der Waals surface area contributed by atoms with E-state index in [0.29, 0.717) is 17.3 Å². The van der Waals surface area contributed by atoms with Crippen LogP contribution in [0.1, 0.15) is 15.9 Å². The fourth-order valence-corrected chi connectivity index (χ4v) is 3.16. The maximum absolute atomic E-state index is 12.4. The quantitative estimate of drug-likeness (QED) is 0.567. The SMILES string of the molecule is COc1cc2c(cc1C(=O)/C=C/c1ccc(Br)cc1)SCO2. The van der Waals surface area contributed by atoms with E-state index in [9.17, 15) is 4.79 Å². The number of halogens is 1. The van der Waals surface area contributed by atoms with Crippen LogP contribution in [0.3, 0.4) is 0 Å². The molecule has 5 heteroatoms. The number of allylic oxidation sites excluding steroid dienone is 1. The predicted octanol–water partition coefficient (Wildman–Crippen LogP) is 4.80. The van der Waals surface area contributed by atoms with Gasteiger partial charge in [-0.15, -0.1) is 0 Å². The number of carbonyl (C=O) groups is 1. The van der Waals surface area contributed by atoms with Crippen molar-refractivity contribution in [2.75, 3.05) is 13.0 Å². The van der Waals surface area contributed by atoms with E-state index in [1.807, 2.05) is 30.3 Å². The van der Waals surface area contributed by atoms with Gasteiger partial charge in [-0.1, -0.05) is 45.9 Å². The molecular weight excluding hydrogens is 364 g/mol. The summed E-state index contributed by atoms with van der Waals surface area (Å²) >= 11 is 4.96. The summed E-state index contributed by atoms with van der Waals surface area (Å²) in [5.41, 5.74) is 1.52. The Hall–Kier alpha value is -1.72. The molecule has 22 heavy (non-hydrogen) atoms. The van der Waals surface area contributed by atoms with E-state index in [1.54, 1.807) is 37.1 Å². The number of hydrogen-bond acceptors (Lipinski definition) is 4. The minimum Gasteiger partial charge on any atom is -0.496 e. The first-order valence-electron chi connectivity index (χ1n) is 6.63. The second kappa shape index (κ2) is 6.58. The zero-order valence-electron chi connectivity index (χ0n) is 11.8. The number of ether oxygens (including phenoxy) is 2. The van der Waals surface area contributed by atoms with Crippen molar-refractivity contribution in [2.24, 2.45) is 0 Å². The van der Waals surface area contributed by atoms with Crippen molar-refractivity contribution in [3.05, 3.63) is 58.1 Å².